The first-order valence-corrected chi connectivity index (χ1v) is 5.14. The van der Waals surface area contributed by atoms with Crippen LogP contribution in [0.2, 0.25) is 0 Å². The zero-order chi connectivity index (χ0) is 14.0. The van der Waals surface area contributed by atoms with Gasteiger partial charge in [0.2, 0.25) is 0 Å². The first-order valence-electron chi connectivity index (χ1n) is 5.14. The van der Waals surface area contributed by atoms with Crippen molar-refractivity contribution in [1.29, 1.82) is 0 Å². The number of hydrogen-bond donors (Lipinski definition) is 3. The quantitative estimate of drug-likeness (QED) is 0.391. The van der Waals surface area contributed by atoms with Gasteiger partial charge in [0.05, 0.1) is 0 Å². The molecule has 0 atom stereocenters. The monoisotopic (exact) mass is 264 g/mol. The van der Waals surface area contributed by atoms with Gasteiger partial charge in [-0.25, -0.2) is 10.2 Å². The van der Waals surface area contributed by atoms with Gasteiger partial charge in [0.25, 0.3) is 11.5 Å². The van der Waals surface area contributed by atoms with Crippen molar-refractivity contribution in [2.45, 2.75) is 0 Å². The summed E-state index contributed by atoms with van der Waals surface area (Å²) >= 11 is 0. The highest BCUT2D eigenvalue weighted by Gasteiger charge is 2.16. The summed E-state index contributed by atoms with van der Waals surface area (Å²) in [6, 6.07) is 6.15. The molecule has 1 aromatic heterocycles. The lowest BCUT2D eigenvalue weighted by molar-refractivity contribution is 0.0943. The molecule has 0 spiro atoms. The number of nitrogen functional groups attached to an aromatic ring is 1. The van der Waals surface area contributed by atoms with Crippen LogP contribution in [0.1, 0.15) is 10.5 Å². The molecule has 0 fully saturated rings. The van der Waals surface area contributed by atoms with Gasteiger partial charge in [0.1, 0.15) is 11.5 Å². The molecule has 2 aromatic rings. The van der Waals surface area contributed by atoms with Crippen molar-refractivity contribution in [1.82, 2.24) is 15.2 Å². The zero-order valence-electron chi connectivity index (χ0n) is 9.50. The van der Waals surface area contributed by atoms with E-state index in [1.165, 1.54) is 18.2 Å². The van der Waals surface area contributed by atoms with Crippen molar-refractivity contribution in [3.8, 4) is 11.4 Å². The Morgan fingerprint density at radius 3 is 2.74 bits per heavy atom. The molecule has 4 N–H and O–H groups in total. The van der Waals surface area contributed by atoms with Crippen LogP contribution in [0.4, 0.5) is 4.39 Å². The van der Waals surface area contributed by atoms with Gasteiger partial charge in [-0.3, -0.25) is 15.0 Å². The van der Waals surface area contributed by atoms with E-state index in [0.717, 1.165) is 12.1 Å². The van der Waals surface area contributed by atoms with Gasteiger partial charge in [-0.2, -0.15) is 9.78 Å². The third-order valence-corrected chi connectivity index (χ3v) is 2.34. The summed E-state index contributed by atoms with van der Waals surface area (Å²) in [5, 5.41) is 13.0. The molecule has 98 valence electrons. The molecule has 0 saturated carbocycles. The van der Waals surface area contributed by atoms with E-state index < -0.39 is 28.7 Å². The van der Waals surface area contributed by atoms with Crippen molar-refractivity contribution in [3.05, 3.63) is 52.2 Å². The Hall–Kier alpha value is -2.74. The van der Waals surface area contributed by atoms with Crippen molar-refractivity contribution < 1.29 is 14.3 Å². The van der Waals surface area contributed by atoms with Crippen LogP contribution < -0.4 is 16.8 Å². The maximum Gasteiger partial charge on any atom is 0.289 e. The Morgan fingerprint density at radius 2 is 2.11 bits per heavy atom. The number of carbonyl (C=O) groups is 1. The molecule has 8 heteroatoms. The van der Waals surface area contributed by atoms with Gasteiger partial charge in [0, 0.05) is 6.07 Å². The largest absolute Gasteiger partial charge is 0.505 e. The third-order valence-electron chi connectivity index (χ3n) is 2.34. The predicted octanol–water partition coefficient (Wildman–Crippen LogP) is -0.319. The highest BCUT2D eigenvalue weighted by atomic mass is 19.1. The van der Waals surface area contributed by atoms with E-state index in [2.05, 4.69) is 5.10 Å². The number of halogens is 1. The van der Waals surface area contributed by atoms with Crippen LogP contribution in [0.5, 0.6) is 5.75 Å². The normalized spacial score (nSPS) is 10.2. The second-order valence-corrected chi connectivity index (χ2v) is 3.55. The average molecular weight is 264 g/mol. The maximum absolute atomic E-state index is 13.6. The third kappa shape index (κ3) is 2.29. The first kappa shape index (κ1) is 12.7. The van der Waals surface area contributed by atoms with Crippen molar-refractivity contribution in [2.75, 3.05) is 0 Å². The summed E-state index contributed by atoms with van der Waals surface area (Å²) in [5.41, 5.74) is 0.362. The molecule has 7 nitrogen and oxygen atoms in total. The number of carbonyl (C=O) groups excluding carboxylic acids is 1. The lowest BCUT2D eigenvalue weighted by Gasteiger charge is -2.08. The summed E-state index contributed by atoms with van der Waals surface area (Å²) in [6.07, 6.45) is 0. The van der Waals surface area contributed by atoms with Crippen LogP contribution in [-0.4, -0.2) is 20.8 Å². The highest BCUT2D eigenvalue weighted by molar-refractivity contribution is 5.94. The van der Waals surface area contributed by atoms with Crippen molar-refractivity contribution >= 4 is 5.91 Å². The summed E-state index contributed by atoms with van der Waals surface area (Å²) in [7, 11) is 0. The summed E-state index contributed by atoms with van der Waals surface area (Å²) in [5.74, 6) is 2.69. The second-order valence-electron chi connectivity index (χ2n) is 3.55. The second kappa shape index (κ2) is 4.86. The molecular weight excluding hydrogens is 255 g/mol. The molecular formula is C11H9FN4O3. The number of rotatable bonds is 2. The smallest absolute Gasteiger partial charge is 0.289 e. The van der Waals surface area contributed by atoms with Gasteiger partial charge < -0.3 is 5.11 Å². The number of benzene rings is 1. The number of para-hydroxylation sites is 1. The molecule has 1 heterocycles. The Kier molecular flexibility index (Phi) is 3.25. The van der Waals surface area contributed by atoms with Gasteiger partial charge >= 0.3 is 0 Å². The summed E-state index contributed by atoms with van der Waals surface area (Å²) in [4.78, 5) is 23.0. The Balaban J connectivity index is 2.68. The summed E-state index contributed by atoms with van der Waals surface area (Å²) in [6.45, 7) is 0. The first-order chi connectivity index (χ1) is 9.04. The van der Waals surface area contributed by atoms with Crippen LogP contribution in [0.25, 0.3) is 5.69 Å². The predicted molar refractivity (Wildman–Crippen MR) is 63.1 cm³/mol. The number of nitrogens with two attached hydrogens (primary N) is 1. The number of hydrazine groups is 1. The molecule has 0 aliphatic rings. The van der Waals surface area contributed by atoms with Gasteiger partial charge in [0.15, 0.2) is 11.4 Å². The molecule has 2 rings (SSSR count). The van der Waals surface area contributed by atoms with Crippen molar-refractivity contribution in [2.24, 2.45) is 5.84 Å². The number of nitrogens with zero attached hydrogens (tertiary/aromatic N) is 2. The minimum absolute atomic E-state index is 0.140. The molecule has 0 radical (unpaired) electrons. The Bertz CT molecular complexity index is 699. The fourth-order valence-electron chi connectivity index (χ4n) is 1.47. The lowest BCUT2D eigenvalue weighted by atomic mass is 10.3. The number of hydrogen-bond acceptors (Lipinski definition) is 5. The lowest BCUT2D eigenvalue weighted by Crippen LogP contribution is -2.33. The number of nitrogens with one attached hydrogen (secondary N) is 1. The molecule has 1 amide bonds. The summed E-state index contributed by atoms with van der Waals surface area (Å²) < 4.78 is 14.2. The topological polar surface area (TPSA) is 110 Å². The zero-order valence-corrected chi connectivity index (χ0v) is 9.50. The number of aromatic hydroxyl groups is 1. The fourth-order valence-corrected chi connectivity index (χ4v) is 1.47. The van der Waals surface area contributed by atoms with Crippen LogP contribution in [0.15, 0.2) is 35.1 Å². The molecule has 0 saturated heterocycles. The molecule has 0 unspecified atom stereocenters. The van der Waals surface area contributed by atoms with Crippen LogP contribution in [0, 0.1) is 5.82 Å². The van der Waals surface area contributed by atoms with Crippen molar-refractivity contribution in [3.63, 3.8) is 0 Å². The molecule has 0 aliphatic heterocycles. The highest BCUT2D eigenvalue weighted by Crippen LogP contribution is 2.14. The number of amides is 1. The van der Waals surface area contributed by atoms with E-state index in [1.54, 1.807) is 5.43 Å². The minimum Gasteiger partial charge on any atom is -0.505 e. The Morgan fingerprint density at radius 1 is 1.42 bits per heavy atom. The fraction of sp³-hybridized carbons (Fsp3) is 0. The number of aromatic nitrogens is 2. The average Bonchev–Trinajstić information content (AvgIpc) is 2.39. The van der Waals surface area contributed by atoms with E-state index in [0.29, 0.717) is 4.68 Å². The standard InChI is InChI=1S/C11H9FN4O3/c12-6-3-1-2-4-7(6)16-9(18)5-8(17)10(15-16)11(19)14-13/h1-5,17H,13H2,(H,14,19). The molecule has 1 aromatic carbocycles. The van der Waals surface area contributed by atoms with E-state index in [-0.39, 0.29) is 5.69 Å². The van der Waals surface area contributed by atoms with E-state index >= 15 is 0 Å². The molecule has 0 aliphatic carbocycles. The van der Waals surface area contributed by atoms with Gasteiger partial charge in [-0.1, -0.05) is 12.1 Å². The van der Waals surface area contributed by atoms with Crippen LogP contribution in [-0.2, 0) is 0 Å². The SMILES string of the molecule is NNC(=O)c1nn(-c2ccccc2F)c(=O)cc1O. The van der Waals surface area contributed by atoms with E-state index in [4.69, 9.17) is 5.84 Å². The van der Waals surface area contributed by atoms with Crippen LogP contribution >= 0.6 is 0 Å². The maximum atomic E-state index is 13.6. The van der Waals surface area contributed by atoms with E-state index in [9.17, 15) is 19.1 Å². The molecule has 19 heavy (non-hydrogen) atoms. The van der Waals surface area contributed by atoms with Crippen LogP contribution in [0.3, 0.4) is 0 Å². The van der Waals surface area contributed by atoms with Gasteiger partial charge in [-0.05, 0) is 12.1 Å². The minimum atomic E-state index is -0.900. The van der Waals surface area contributed by atoms with Gasteiger partial charge in [-0.15, -0.1) is 0 Å². The molecule has 0 bridgehead atoms. The van der Waals surface area contributed by atoms with E-state index in [1.807, 2.05) is 0 Å². The Labute approximate surface area is 106 Å².